The zero-order valence-electron chi connectivity index (χ0n) is 10.8. The fraction of sp³-hybridized carbons (Fsp3) is 0.545. The predicted octanol–water partition coefficient (Wildman–Crippen LogP) is 1.18. The lowest BCUT2D eigenvalue weighted by Crippen LogP contribution is -2.39. The third-order valence-electron chi connectivity index (χ3n) is 2.62. The molecular formula is C11H18N4O2S. The van der Waals surface area contributed by atoms with Gasteiger partial charge in [0.05, 0.1) is 23.2 Å². The Labute approximate surface area is 110 Å². The highest BCUT2D eigenvalue weighted by molar-refractivity contribution is 7.09. The van der Waals surface area contributed by atoms with E-state index in [2.05, 4.69) is 10.1 Å². The van der Waals surface area contributed by atoms with Crippen molar-refractivity contribution < 1.29 is 10.0 Å². The first-order valence-electron chi connectivity index (χ1n) is 5.63. The number of rotatable bonds is 5. The molecule has 1 amide bonds. The molecule has 1 atom stereocenters. The summed E-state index contributed by atoms with van der Waals surface area (Å²) in [6.45, 7) is 4.17. The number of nitrogens with zero attached hydrogens (tertiary/aromatic N) is 3. The van der Waals surface area contributed by atoms with Crippen LogP contribution in [0.25, 0.3) is 0 Å². The van der Waals surface area contributed by atoms with Gasteiger partial charge in [-0.2, -0.15) is 0 Å². The van der Waals surface area contributed by atoms with Crippen molar-refractivity contribution in [1.29, 1.82) is 0 Å². The van der Waals surface area contributed by atoms with Gasteiger partial charge in [-0.05, 0) is 13.3 Å². The predicted molar refractivity (Wildman–Crippen MR) is 70.5 cm³/mol. The van der Waals surface area contributed by atoms with Crippen LogP contribution < -0.4 is 5.73 Å². The monoisotopic (exact) mass is 270 g/mol. The molecule has 6 nitrogen and oxygen atoms in total. The number of aromatic nitrogens is 1. The van der Waals surface area contributed by atoms with E-state index in [9.17, 15) is 4.79 Å². The summed E-state index contributed by atoms with van der Waals surface area (Å²) < 4.78 is 0. The number of oxime groups is 1. The van der Waals surface area contributed by atoms with Gasteiger partial charge in [0.25, 0.3) is 0 Å². The molecule has 0 saturated carbocycles. The minimum atomic E-state index is -0.584. The minimum absolute atomic E-state index is 0.0520. The zero-order chi connectivity index (χ0) is 13.7. The lowest BCUT2D eigenvalue weighted by Gasteiger charge is -2.21. The van der Waals surface area contributed by atoms with E-state index in [0.29, 0.717) is 13.0 Å². The van der Waals surface area contributed by atoms with Gasteiger partial charge in [-0.1, -0.05) is 12.1 Å². The van der Waals surface area contributed by atoms with E-state index >= 15 is 0 Å². The summed E-state index contributed by atoms with van der Waals surface area (Å²) in [6, 6.07) is 0. The first-order chi connectivity index (χ1) is 8.49. The molecule has 18 heavy (non-hydrogen) atoms. The highest BCUT2D eigenvalue weighted by Crippen LogP contribution is 2.13. The van der Waals surface area contributed by atoms with Crippen molar-refractivity contribution in [3.8, 4) is 0 Å². The van der Waals surface area contributed by atoms with E-state index in [1.54, 1.807) is 23.3 Å². The lowest BCUT2D eigenvalue weighted by atomic mass is 10.0. The van der Waals surface area contributed by atoms with E-state index in [1.165, 1.54) is 0 Å². The molecule has 0 aliphatic carbocycles. The van der Waals surface area contributed by atoms with E-state index in [0.717, 1.165) is 10.7 Å². The summed E-state index contributed by atoms with van der Waals surface area (Å²) in [5, 5.41) is 14.4. The number of hydrogen-bond donors (Lipinski definition) is 2. The second-order valence-electron chi connectivity index (χ2n) is 4.04. The van der Waals surface area contributed by atoms with Gasteiger partial charge in [0, 0.05) is 12.4 Å². The molecule has 1 heterocycles. The molecule has 3 N–H and O–H groups in total. The molecule has 0 spiro atoms. The number of thiazole rings is 1. The van der Waals surface area contributed by atoms with Gasteiger partial charge in [0.15, 0.2) is 5.84 Å². The molecule has 1 aromatic rings. The van der Waals surface area contributed by atoms with E-state index in [1.807, 2.05) is 19.2 Å². The maximum absolute atomic E-state index is 12.1. The van der Waals surface area contributed by atoms with Crippen LogP contribution in [0.5, 0.6) is 0 Å². The lowest BCUT2D eigenvalue weighted by molar-refractivity contribution is -0.132. The normalized spacial score (nSPS) is 13.4. The highest BCUT2D eigenvalue weighted by Gasteiger charge is 2.24. The van der Waals surface area contributed by atoms with Gasteiger partial charge < -0.3 is 15.8 Å². The number of hydrogen-bond acceptors (Lipinski definition) is 5. The largest absolute Gasteiger partial charge is 0.409 e. The van der Waals surface area contributed by atoms with Crippen LogP contribution in [0.3, 0.4) is 0 Å². The average Bonchev–Trinajstić information content (AvgIpc) is 2.75. The maximum Gasteiger partial charge on any atom is 0.233 e. The fourth-order valence-electron chi connectivity index (χ4n) is 1.65. The molecule has 1 aromatic heterocycles. The summed E-state index contributed by atoms with van der Waals surface area (Å²) in [4.78, 5) is 18.0. The van der Waals surface area contributed by atoms with Crippen molar-refractivity contribution in [2.75, 3.05) is 7.05 Å². The Balaban J connectivity index is 2.71. The standard InChI is InChI=1S/C11H18N4O2S/c1-4-9(10(12)14-17)11(16)15(3)5-8-6-18-7(2)13-8/h6,9,17H,4-5H2,1-3H3,(H2,12,14). The van der Waals surface area contributed by atoms with Gasteiger partial charge in [-0.3, -0.25) is 4.79 Å². The Hall–Kier alpha value is -1.63. The van der Waals surface area contributed by atoms with E-state index < -0.39 is 5.92 Å². The zero-order valence-corrected chi connectivity index (χ0v) is 11.6. The van der Waals surface area contributed by atoms with Crippen LogP contribution in [0.4, 0.5) is 0 Å². The van der Waals surface area contributed by atoms with Crippen molar-refractivity contribution in [2.24, 2.45) is 16.8 Å². The van der Waals surface area contributed by atoms with Crippen molar-refractivity contribution in [1.82, 2.24) is 9.88 Å². The molecule has 0 radical (unpaired) electrons. The smallest absolute Gasteiger partial charge is 0.233 e. The first-order valence-corrected chi connectivity index (χ1v) is 6.51. The van der Waals surface area contributed by atoms with Crippen LogP contribution in [0.1, 0.15) is 24.0 Å². The average molecular weight is 270 g/mol. The molecule has 1 unspecified atom stereocenters. The molecule has 0 aromatic carbocycles. The van der Waals surface area contributed by atoms with Gasteiger partial charge >= 0.3 is 0 Å². The summed E-state index contributed by atoms with van der Waals surface area (Å²) in [7, 11) is 1.68. The Morgan fingerprint density at radius 1 is 1.72 bits per heavy atom. The molecule has 100 valence electrons. The third kappa shape index (κ3) is 3.43. The highest BCUT2D eigenvalue weighted by atomic mass is 32.1. The Morgan fingerprint density at radius 3 is 2.83 bits per heavy atom. The van der Waals surface area contributed by atoms with Gasteiger partial charge in [0.1, 0.15) is 0 Å². The molecule has 0 bridgehead atoms. The fourth-order valence-corrected chi connectivity index (χ4v) is 2.25. The molecule has 0 fully saturated rings. The van der Waals surface area contributed by atoms with E-state index in [-0.39, 0.29) is 11.7 Å². The van der Waals surface area contributed by atoms with Crippen molar-refractivity contribution >= 4 is 23.1 Å². The first kappa shape index (κ1) is 14.4. The molecule has 7 heteroatoms. The number of aryl methyl sites for hydroxylation is 1. The second kappa shape index (κ2) is 6.34. The Morgan fingerprint density at radius 2 is 2.39 bits per heavy atom. The number of nitrogens with two attached hydrogens (primary N) is 1. The summed E-state index contributed by atoms with van der Waals surface area (Å²) >= 11 is 1.55. The number of amidine groups is 1. The topological polar surface area (TPSA) is 91.8 Å². The summed E-state index contributed by atoms with van der Waals surface area (Å²) in [6.07, 6.45) is 0.495. The second-order valence-corrected chi connectivity index (χ2v) is 5.10. The van der Waals surface area contributed by atoms with Crippen LogP contribution in [0.2, 0.25) is 0 Å². The maximum atomic E-state index is 12.1. The number of carbonyl (C=O) groups is 1. The third-order valence-corrected chi connectivity index (χ3v) is 3.44. The van der Waals surface area contributed by atoms with Gasteiger partial charge in [-0.15, -0.1) is 11.3 Å². The molecule has 0 saturated heterocycles. The van der Waals surface area contributed by atoms with Crippen LogP contribution in [0.15, 0.2) is 10.5 Å². The van der Waals surface area contributed by atoms with Gasteiger partial charge in [0.2, 0.25) is 5.91 Å². The number of amides is 1. The van der Waals surface area contributed by atoms with Gasteiger partial charge in [-0.25, -0.2) is 4.98 Å². The van der Waals surface area contributed by atoms with Crippen LogP contribution >= 0.6 is 11.3 Å². The molecule has 0 aliphatic rings. The number of carbonyl (C=O) groups excluding carboxylic acids is 1. The van der Waals surface area contributed by atoms with Crippen molar-refractivity contribution in [3.05, 3.63) is 16.1 Å². The van der Waals surface area contributed by atoms with Crippen molar-refractivity contribution in [2.45, 2.75) is 26.8 Å². The SMILES string of the molecule is CCC(C(=O)N(C)Cc1csc(C)n1)C(N)=NO. The van der Waals surface area contributed by atoms with Crippen LogP contribution in [-0.2, 0) is 11.3 Å². The van der Waals surface area contributed by atoms with Crippen molar-refractivity contribution in [3.63, 3.8) is 0 Å². The summed E-state index contributed by atoms with van der Waals surface area (Å²) in [5.41, 5.74) is 6.35. The van der Waals surface area contributed by atoms with Crippen LogP contribution in [-0.4, -0.2) is 33.9 Å². The summed E-state index contributed by atoms with van der Waals surface area (Å²) in [5.74, 6) is -0.804. The Bertz CT molecular complexity index is 444. The van der Waals surface area contributed by atoms with Crippen LogP contribution in [0, 0.1) is 12.8 Å². The quantitative estimate of drug-likeness (QED) is 0.364. The molecule has 1 rings (SSSR count). The van der Waals surface area contributed by atoms with E-state index in [4.69, 9.17) is 10.9 Å². The minimum Gasteiger partial charge on any atom is -0.409 e. The molecular weight excluding hydrogens is 252 g/mol. The Kier molecular flexibility index (Phi) is 5.08. The molecule has 0 aliphatic heterocycles.